The second-order valence-electron chi connectivity index (χ2n) is 6.17. The number of esters is 1. The summed E-state index contributed by atoms with van der Waals surface area (Å²) in [4.78, 5) is 23.0. The summed E-state index contributed by atoms with van der Waals surface area (Å²) in [6, 6.07) is 1.89. The first kappa shape index (κ1) is 16.6. The van der Waals surface area contributed by atoms with Crippen molar-refractivity contribution in [3.8, 4) is 0 Å². The lowest BCUT2D eigenvalue weighted by atomic mass is 9.82. The van der Waals surface area contributed by atoms with E-state index >= 15 is 0 Å². The van der Waals surface area contributed by atoms with Crippen LogP contribution in [0.4, 0.5) is 0 Å². The minimum atomic E-state index is -0.670. The molecule has 1 heterocycles. The number of aromatic nitrogens is 1. The van der Waals surface area contributed by atoms with Crippen LogP contribution in [0.5, 0.6) is 0 Å². The first-order chi connectivity index (χ1) is 10.4. The fourth-order valence-corrected chi connectivity index (χ4v) is 3.35. The van der Waals surface area contributed by atoms with E-state index < -0.39 is 5.97 Å². The van der Waals surface area contributed by atoms with Crippen LogP contribution in [0.1, 0.15) is 54.4 Å². The third-order valence-corrected chi connectivity index (χ3v) is 4.71. The van der Waals surface area contributed by atoms with Gasteiger partial charge in [-0.1, -0.05) is 0 Å². The zero-order valence-electron chi connectivity index (χ0n) is 13.6. The van der Waals surface area contributed by atoms with Crippen LogP contribution in [-0.4, -0.2) is 28.2 Å². The van der Waals surface area contributed by atoms with Crippen LogP contribution in [0.25, 0.3) is 0 Å². The van der Waals surface area contributed by atoms with Crippen molar-refractivity contribution in [2.24, 2.45) is 11.8 Å². The molecule has 1 fully saturated rings. The SMILES string of the molecule is CCOC(=O)c1cc(C)n(CC2CCC(C(=O)O)CC2)c1C. The molecule has 0 aromatic carbocycles. The van der Waals surface area contributed by atoms with E-state index in [4.69, 9.17) is 9.84 Å². The van der Waals surface area contributed by atoms with Crippen molar-refractivity contribution in [2.45, 2.75) is 53.0 Å². The quantitative estimate of drug-likeness (QED) is 0.848. The van der Waals surface area contributed by atoms with E-state index in [1.54, 1.807) is 6.92 Å². The number of aryl methyl sites for hydroxylation is 1. The fourth-order valence-electron chi connectivity index (χ4n) is 3.35. The van der Waals surface area contributed by atoms with Gasteiger partial charge in [0.05, 0.1) is 18.1 Å². The molecule has 5 nitrogen and oxygen atoms in total. The van der Waals surface area contributed by atoms with E-state index in [1.165, 1.54) is 0 Å². The lowest BCUT2D eigenvalue weighted by Gasteiger charge is -2.27. The molecule has 0 atom stereocenters. The average molecular weight is 307 g/mol. The van der Waals surface area contributed by atoms with Crippen molar-refractivity contribution in [1.82, 2.24) is 4.57 Å². The number of hydrogen-bond donors (Lipinski definition) is 1. The van der Waals surface area contributed by atoms with E-state index in [0.717, 1.165) is 43.6 Å². The monoisotopic (exact) mass is 307 g/mol. The number of carbonyl (C=O) groups excluding carboxylic acids is 1. The summed E-state index contributed by atoms with van der Waals surface area (Å²) in [5.41, 5.74) is 2.63. The van der Waals surface area contributed by atoms with Crippen LogP contribution in [0.15, 0.2) is 6.07 Å². The topological polar surface area (TPSA) is 68.5 Å². The second-order valence-corrected chi connectivity index (χ2v) is 6.17. The van der Waals surface area contributed by atoms with Gasteiger partial charge in [0.25, 0.3) is 0 Å². The van der Waals surface area contributed by atoms with E-state index in [2.05, 4.69) is 4.57 Å². The van der Waals surface area contributed by atoms with Crippen molar-refractivity contribution in [3.63, 3.8) is 0 Å². The Bertz CT molecular complexity index is 553. The number of hydrogen-bond acceptors (Lipinski definition) is 3. The van der Waals surface area contributed by atoms with E-state index in [-0.39, 0.29) is 11.9 Å². The number of carboxylic acids is 1. The highest BCUT2D eigenvalue weighted by Gasteiger charge is 2.27. The molecule has 1 N–H and O–H groups in total. The molecule has 122 valence electrons. The minimum Gasteiger partial charge on any atom is -0.481 e. The molecule has 0 radical (unpaired) electrons. The van der Waals surface area contributed by atoms with Crippen molar-refractivity contribution < 1.29 is 19.4 Å². The van der Waals surface area contributed by atoms with Gasteiger partial charge in [0.15, 0.2) is 0 Å². The molecule has 1 aliphatic carbocycles. The zero-order chi connectivity index (χ0) is 16.3. The summed E-state index contributed by atoms with van der Waals surface area (Å²) >= 11 is 0. The maximum Gasteiger partial charge on any atom is 0.339 e. The van der Waals surface area contributed by atoms with Crippen LogP contribution >= 0.6 is 0 Å². The lowest BCUT2D eigenvalue weighted by molar-refractivity contribution is -0.143. The molecule has 0 bridgehead atoms. The number of rotatable bonds is 5. The van der Waals surface area contributed by atoms with Crippen molar-refractivity contribution in [2.75, 3.05) is 6.61 Å². The van der Waals surface area contributed by atoms with Crippen LogP contribution in [-0.2, 0) is 16.1 Å². The van der Waals surface area contributed by atoms with Crippen molar-refractivity contribution >= 4 is 11.9 Å². The van der Waals surface area contributed by atoms with E-state index in [1.807, 2.05) is 19.9 Å². The lowest BCUT2D eigenvalue weighted by Crippen LogP contribution is -2.24. The van der Waals surface area contributed by atoms with Gasteiger partial charge < -0.3 is 14.4 Å². The van der Waals surface area contributed by atoms with Gasteiger partial charge in [0, 0.05) is 17.9 Å². The van der Waals surface area contributed by atoms with Gasteiger partial charge >= 0.3 is 11.9 Å². The number of aliphatic carboxylic acids is 1. The summed E-state index contributed by atoms with van der Waals surface area (Å²) in [6.07, 6.45) is 3.37. The third kappa shape index (κ3) is 3.51. The molecule has 2 rings (SSSR count). The summed E-state index contributed by atoms with van der Waals surface area (Å²) in [6.45, 7) is 6.98. The van der Waals surface area contributed by atoms with Crippen molar-refractivity contribution in [3.05, 3.63) is 23.0 Å². The van der Waals surface area contributed by atoms with Gasteiger partial charge in [-0.2, -0.15) is 0 Å². The summed E-state index contributed by atoms with van der Waals surface area (Å²) < 4.78 is 7.25. The maximum atomic E-state index is 11.9. The van der Waals surface area contributed by atoms with Gasteiger partial charge in [0.1, 0.15) is 0 Å². The fraction of sp³-hybridized carbons (Fsp3) is 0.647. The highest BCUT2D eigenvalue weighted by atomic mass is 16.5. The Balaban J connectivity index is 2.05. The first-order valence-corrected chi connectivity index (χ1v) is 8.00. The van der Waals surface area contributed by atoms with Crippen LogP contribution in [0, 0.1) is 25.7 Å². The maximum absolute atomic E-state index is 11.9. The Labute approximate surface area is 131 Å². The van der Waals surface area contributed by atoms with Gasteiger partial charge in [-0.3, -0.25) is 4.79 Å². The summed E-state index contributed by atoms with van der Waals surface area (Å²) in [7, 11) is 0. The number of carbonyl (C=O) groups is 2. The third-order valence-electron chi connectivity index (χ3n) is 4.71. The molecule has 0 unspecified atom stereocenters. The summed E-state index contributed by atoms with van der Waals surface area (Å²) in [5.74, 6) is -0.638. The molecular weight excluding hydrogens is 282 g/mol. The van der Waals surface area contributed by atoms with Gasteiger partial charge in [-0.25, -0.2) is 4.79 Å². The molecule has 0 spiro atoms. The zero-order valence-corrected chi connectivity index (χ0v) is 13.6. The molecule has 0 aliphatic heterocycles. The minimum absolute atomic E-state index is 0.182. The second kappa shape index (κ2) is 6.99. The van der Waals surface area contributed by atoms with Crippen LogP contribution in [0.3, 0.4) is 0 Å². The molecule has 1 aromatic rings. The van der Waals surface area contributed by atoms with Crippen molar-refractivity contribution in [1.29, 1.82) is 0 Å². The van der Waals surface area contributed by atoms with E-state index in [0.29, 0.717) is 18.1 Å². The molecule has 22 heavy (non-hydrogen) atoms. The number of ether oxygens (including phenoxy) is 1. The highest BCUT2D eigenvalue weighted by molar-refractivity contribution is 5.91. The van der Waals surface area contributed by atoms with Gasteiger partial charge in [-0.05, 0) is 58.4 Å². The molecule has 1 aromatic heterocycles. The van der Waals surface area contributed by atoms with Gasteiger partial charge in [0.2, 0.25) is 0 Å². The Morgan fingerprint density at radius 3 is 2.45 bits per heavy atom. The average Bonchev–Trinajstić information content (AvgIpc) is 2.76. The Hall–Kier alpha value is -1.78. The largest absolute Gasteiger partial charge is 0.481 e. The first-order valence-electron chi connectivity index (χ1n) is 8.00. The summed E-state index contributed by atoms with van der Waals surface area (Å²) in [5, 5.41) is 9.06. The normalized spacial score (nSPS) is 21.6. The number of nitrogens with zero attached hydrogens (tertiary/aromatic N) is 1. The predicted octanol–water partition coefficient (Wildman–Crippen LogP) is 3.17. The molecule has 0 amide bonds. The van der Waals surface area contributed by atoms with Gasteiger partial charge in [-0.15, -0.1) is 0 Å². The molecule has 1 saturated carbocycles. The van der Waals surface area contributed by atoms with Crippen LogP contribution < -0.4 is 0 Å². The molecular formula is C17H25NO4. The molecule has 5 heteroatoms. The van der Waals surface area contributed by atoms with E-state index in [9.17, 15) is 9.59 Å². The predicted molar refractivity (Wildman–Crippen MR) is 82.9 cm³/mol. The Morgan fingerprint density at radius 1 is 1.27 bits per heavy atom. The molecule has 0 saturated heterocycles. The van der Waals surface area contributed by atoms with Crippen LogP contribution in [0.2, 0.25) is 0 Å². The number of carboxylic acid groups (broad SMARTS) is 1. The smallest absolute Gasteiger partial charge is 0.339 e. The Morgan fingerprint density at radius 2 is 1.91 bits per heavy atom. The molecule has 1 aliphatic rings. The highest BCUT2D eigenvalue weighted by Crippen LogP contribution is 2.31. The Kier molecular flexibility index (Phi) is 5.27. The standard InChI is InChI=1S/C17H25NO4/c1-4-22-17(21)15-9-11(2)18(12(15)3)10-13-5-7-14(8-6-13)16(19)20/h9,13-14H,4-8,10H2,1-3H3,(H,19,20).